The second-order valence-corrected chi connectivity index (χ2v) is 7.92. The molecule has 30 heavy (non-hydrogen) atoms. The summed E-state index contributed by atoms with van der Waals surface area (Å²) in [7, 11) is 1.59. The Labute approximate surface area is 174 Å². The number of nitrogens with one attached hydrogen (secondary N) is 2. The summed E-state index contributed by atoms with van der Waals surface area (Å²) in [6.07, 6.45) is 1.85. The van der Waals surface area contributed by atoms with E-state index in [4.69, 9.17) is 4.74 Å². The molecule has 0 bridgehead atoms. The minimum Gasteiger partial charge on any atom is -0.480 e. The average Bonchev–Trinajstić information content (AvgIpc) is 2.80. The number of anilines is 2. The molecule has 1 aromatic carbocycles. The first-order chi connectivity index (χ1) is 14.7. The highest BCUT2D eigenvalue weighted by atomic mass is 16.5. The monoisotopic (exact) mass is 406 g/mol. The fourth-order valence-corrected chi connectivity index (χ4v) is 4.39. The van der Waals surface area contributed by atoms with Crippen molar-refractivity contribution in [3.05, 3.63) is 51.8 Å². The maximum absolute atomic E-state index is 12.5. The van der Waals surface area contributed by atoms with E-state index < -0.39 is 0 Å². The molecular weight excluding hydrogens is 380 g/mol. The summed E-state index contributed by atoms with van der Waals surface area (Å²) in [5.41, 5.74) is 4.07. The van der Waals surface area contributed by atoms with Crippen LogP contribution in [-0.2, 0) is 13.0 Å². The number of hydrogen-bond acceptors (Lipinski definition) is 7. The minimum atomic E-state index is 0.0380. The van der Waals surface area contributed by atoms with Crippen molar-refractivity contribution in [1.29, 1.82) is 0 Å². The van der Waals surface area contributed by atoms with Crippen LogP contribution in [0.5, 0.6) is 5.88 Å². The molecule has 0 radical (unpaired) electrons. The second kappa shape index (κ2) is 7.95. The molecule has 8 heteroatoms. The van der Waals surface area contributed by atoms with E-state index in [9.17, 15) is 4.79 Å². The molecule has 0 amide bonds. The average molecular weight is 406 g/mol. The Morgan fingerprint density at radius 3 is 2.73 bits per heavy atom. The number of fused-ring (bicyclic) bond motifs is 3. The van der Waals surface area contributed by atoms with Gasteiger partial charge in [0, 0.05) is 56.3 Å². The van der Waals surface area contributed by atoms with Gasteiger partial charge in [-0.15, -0.1) is 10.2 Å². The summed E-state index contributed by atoms with van der Waals surface area (Å²) in [6.45, 7) is 5.51. The fraction of sp³-hybridized carbons (Fsp3) is 0.409. The molecular formula is C22H26N6O2. The van der Waals surface area contributed by atoms with E-state index in [1.54, 1.807) is 7.11 Å². The van der Waals surface area contributed by atoms with Crippen LogP contribution in [0.4, 0.5) is 11.5 Å². The number of nitrogens with zero attached hydrogens (tertiary/aromatic N) is 4. The fourth-order valence-electron chi connectivity index (χ4n) is 4.39. The standard InChI is InChI=1S/C22H26N6O2/c1-30-20-7-6-19(25-26-20)28-11-9-27(10-12-28)14-15-4-5-16-18(13-15)24-22(29)17-3-2-8-23-21(16)17/h4-7,13,23H,2-3,8-12,14H2,1H3,(H,24,29). The smallest absolute Gasteiger partial charge is 0.253 e. The summed E-state index contributed by atoms with van der Waals surface area (Å²) in [5, 5.41) is 12.8. The van der Waals surface area contributed by atoms with Crippen LogP contribution in [0.15, 0.2) is 35.1 Å². The largest absolute Gasteiger partial charge is 0.480 e. The van der Waals surface area contributed by atoms with Gasteiger partial charge in [-0.3, -0.25) is 9.69 Å². The van der Waals surface area contributed by atoms with Crippen LogP contribution in [-0.4, -0.2) is 59.9 Å². The Bertz CT molecular complexity index is 1100. The number of aromatic amines is 1. The van der Waals surface area contributed by atoms with Crippen molar-refractivity contribution in [3.8, 4) is 5.88 Å². The lowest BCUT2D eigenvalue weighted by molar-refractivity contribution is 0.249. The van der Waals surface area contributed by atoms with Gasteiger partial charge in [-0.05, 0) is 30.5 Å². The number of methoxy groups -OCH3 is 1. The summed E-state index contributed by atoms with van der Waals surface area (Å²) in [6, 6.07) is 10.2. The molecule has 2 aromatic heterocycles. The highest BCUT2D eigenvalue weighted by molar-refractivity contribution is 5.93. The lowest BCUT2D eigenvalue weighted by Gasteiger charge is -2.35. The maximum Gasteiger partial charge on any atom is 0.253 e. The Morgan fingerprint density at radius 1 is 1.10 bits per heavy atom. The first-order valence-corrected chi connectivity index (χ1v) is 10.5. The van der Waals surface area contributed by atoms with Crippen molar-refractivity contribution in [1.82, 2.24) is 20.1 Å². The van der Waals surface area contributed by atoms with E-state index in [0.717, 1.165) is 80.1 Å². The number of pyridine rings is 1. The van der Waals surface area contributed by atoms with Gasteiger partial charge in [-0.25, -0.2) is 0 Å². The Morgan fingerprint density at radius 2 is 1.97 bits per heavy atom. The van der Waals surface area contributed by atoms with E-state index >= 15 is 0 Å². The first kappa shape index (κ1) is 18.9. The quantitative estimate of drug-likeness (QED) is 0.685. The number of rotatable bonds is 4. The van der Waals surface area contributed by atoms with Gasteiger partial charge in [0.15, 0.2) is 5.82 Å². The molecule has 1 saturated heterocycles. The van der Waals surface area contributed by atoms with Gasteiger partial charge in [0.2, 0.25) is 5.88 Å². The molecule has 8 nitrogen and oxygen atoms in total. The van der Waals surface area contributed by atoms with Gasteiger partial charge in [0.1, 0.15) is 0 Å². The molecule has 0 saturated carbocycles. The Balaban J connectivity index is 1.28. The van der Waals surface area contributed by atoms with Crippen LogP contribution < -0.4 is 20.5 Å². The number of hydrogen-bond donors (Lipinski definition) is 2. The van der Waals surface area contributed by atoms with E-state index in [1.807, 2.05) is 12.1 Å². The van der Waals surface area contributed by atoms with Crippen LogP contribution in [0.25, 0.3) is 10.9 Å². The third-order valence-corrected chi connectivity index (χ3v) is 6.02. The molecule has 3 aromatic rings. The van der Waals surface area contributed by atoms with Crippen LogP contribution in [0, 0.1) is 0 Å². The SMILES string of the molecule is COc1ccc(N2CCN(Cc3ccc4c5c(c(=O)[nH]c4c3)CCCN5)CC2)nn1. The van der Waals surface area contributed by atoms with E-state index in [2.05, 4.69) is 48.5 Å². The van der Waals surface area contributed by atoms with Gasteiger partial charge in [0.25, 0.3) is 5.56 Å². The van der Waals surface area contributed by atoms with Crippen LogP contribution in [0.2, 0.25) is 0 Å². The van der Waals surface area contributed by atoms with Crippen molar-refractivity contribution in [2.45, 2.75) is 19.4 Å². The molecule has 2 aliphatic heterocycles. The third kappa shape index (κ3) is 3.59. The molecule has 0 aliphatic carbocycles. The topological polar surface area (TPSA) is 86.4 Å². The summed E-state index contributed by atoms with van der Waals surface area (Å²) in [4.78, 5) is 20.2. The normalized spacial score (nSPS) is 16.9. The van der Waals surface area contributed by atoms with E-state index in [0.29, 0.717) is 5.88 Å². The lowest BCUT2D eigenvalue weighted by Crippen LogP contribution is -2.46. The molecule has 0 unspecified atom stereocenters. The molecule has 156 valence electrons. The zero-order valence-corrected chi connectivity index (χ0v) is 17.1. The third-order valence-electron chi connectivity index (χ3n) is 6.02. The van der Waals surface area contributed by atoms with Crippen molar-refractivity contribution >= 4 is 22.4 Å². The maximum atomic E-state index is 12.5. The summed E-state index contributed by atoms with van der Waals surface area (Å²) in [5.74, 6) is 1.42. The van der Waals surface area contributed by atoms with Gasteiger partial charge in [-0.2, -0.15) is 0 Å². The molecule has 0 spiro atoms. The highest BCUT2D eigenvalue weighted by Gasteiger charge is 2.20. The van der Waals surface area contributed by atoms with E-state index in [-0.39, 0.29) is 5.56 Å². The minimum absolute atomic E-state index is 0.0380. The van der Waals surface area contributed by atoms with Crippen molar-refractivity contribution < 1.29 is 4.74 Å². The Hall–Kier alpha value is -3.13. The van der Waals surface area contributed by atoms with Gasteiger partial charge in [-0.1, -0.05) is 12.1 Å². The summed E-state index contributed by atoms with van der Waals surface area (Å²) < 4.78 is 5.08. The number of piperazine rings is 1. The van der Waals surface area contributed by atoms with Gasteiger partial charge >= 0.3 is 0 Å². The predicted octanol–water partition coefficient (Wildman–Crippen LogP) is 2.01. The van der Waals surface area contributed by atoms with Crippen LogP contribution >= 0.6 is 0 Å². The predicted molar refractivity (Wildman–Crippen MR) is 117 cm³/mol. The number of H-pyrrole nitrogens is 1. The highest BCUT2D eigenvalue weighted by Crippen LogP contribution is 2.28. The van der Waals surface area contributed by atoms with E-state index in [1.165, 1.54) is 5.56 Å². The Kier molecular flexibility index (Phi) is 5.00. The summed E-state index contributed by atoms with van der Waals surface area (Å²) >= 11 is 0. The zero-order valence-electron chi connectivity index (χ0n) is 17.1. The number of benzene rings is 1. The number of aromatic nitrogens is 3. The molecule has 2 N–H and O–H groups in total. The first-order valence-electron chi connectivity index (χ1n) is 10.5. The van der Waals surface area contributed by atoms with Gasteiger partial charge in [0.05, 0.1) is 18.3 Å². The molecule has 4 heterocycles. The molecule has 0 atom stereocenters. The molecule has 5 rings (SSSR count). The van der Waals surface area contributed by atoms with Crippen molar-refractivity contribution in [2.75, 3.05) is 50.1 Å². The molecule has 1 fully saturated rings. The second-order valence-electron chi connectivity index (χ2n) is 7.92. The van der Waals surface area contributed by atoms with Gasteiger partial charge < -0.3 is 19.9 Å². The van der Waals surface area contributed by atoms with Crippen molar-refractivity contribution in [2.24, 2.45) is 0 Å². The lowest BCUT2D eigenvalue weighted by atomic mass is 10.0. The zero-order chi connectivity index (χ0) is 20.5. The number of ether oxygens (including phenoxy) is 1. The molecule has 2 aliphatic rings. The van der Waals surface area contributed by atoms with Crippen LogP contribution in [0.1, 0.15) is 17.5 Å². The van der Waals surface area contributed by atoms with Crippen molar-refractivity contribution in [3.63, 3.8) is 0 Å². The van der Waals surface area contributed by atoms with Crippen LogP contribution in [0.3, 0.4) is 0 Å².